The van der Waals surface area contributed by atoms with Crippen molar-refractivity contribution in [1.82, 2.24) is 29.7 Å². The Hall–Kier alpha value is -4.53. The number of hydrogen-bond acceptors (Lipinski definition) is 10. The Morgan fingerprint density at radius 3 is 2.67 bits per heavy atom. The molecular formula is C38H40F6N8O3. The number of pyridine rings is 1. The number of carbonyl (C=O) groups excluding carboxylic acids is 1. The number of amides is 1. The van der Waals surface area contributed by atoms with Crippen LogP contribution in [0.5, 0.6) is 6.01 Å². The number of benzene rings is 1. The van der Waals surface area contributed by atoms with Crippen molar-refractivity contribution in [3.8, 4) is 23.3 Å². The first-order chi connectivity index (χ1) is 26.5. The number of piperazine rings is 1. The summed E-state index contributed by atoms with van der Waals surface area (Å²) >= 11 is 0. The van der Waals surface area contributed by atoms with Gasteiger partial charge in [-0.25, -0.2) is 13.2 Å². The summed E-state index contributed by atoms with van der Waals surface area (Å²) in [7, 11) is 0. The molecule has 11 nitrogen and oxygen atoms in total. The molecule has 7 heterocycles. The molecule has 5 atom stereocenters. The first-order valence-electron chi connectivity index (χ1n) is 18.6. The third-order valence-electron chi connectivity index (χ3n) is 11.8. The Kier molecular flexibility index (Phi) is 10.1. The molecule has 55 heavy (non-hydrogen) atoms. The first kappa shape index (κ1) is 37.4. The molecule has 2 bridgehead atoms. The van der Waals surface area contributed by atoms with E-state index in [9.17, 15) is 32.0 Å². The Labute approximate surface area is 313 Å². The number of ether oxygens (including phenoxy) is 2. The second-order valence-corrected chi connectivity index (χ2v) is 15.1. The third-order valence-corrected chi connectivity index (χ3v) is 11.8. The second-order valence-electron chi connectivity index (χ2n) is 15.1. The van der Waals surface area contributed by atoms with Crippen LogP contribution in [-0.4, -0.2) is 124 Å². The van der Waals surface area contributed by atoms with E-state index in [1.54, 1.807) is 9.80 Å². The second kappa shape index (κ2) is 14.8. The summed E-state index contributed by atoms with van der Waals surface area (Å²) in [5.74, 6) is -2.94. The van der Waals surface area contributed by atoms with E-state index in [1.807, 2.05) is 11.0 Å². The fraction of sp³-hybridized carbons (Fsp3) is 0.553. The van der Waals surface area contributed by atoms with E-state index in [0.717, 1.165) is 37.6 Å². The van der Waals surface area contributed by atoms with Crippen molar-refractivity contribution in [1.29, 1.82) is 5.26 Å². The number of aromatic nitrogens is 3. The number of halogens is 6. The van der Waals surface area contributed by atoms with Crippen LogP contribution in [0.4, 0.5) is 32.2 Å². The van der Waals surface area contributed by atoms with Gasteiger partial charge < -0.3 is 19.3 Å². The van der Waals surface area contributed by atoms with Crippen molar-refractivity contribution in [3.05, 3.63) is 53.7 Å². The van der Waals surface area contributed by atoms with Gasteiger partial charge in [0.25, 0.3) is 0 Å². The van der Waals surface area contributed by atoms with E-state index in [0.29, 0.717) is 50.9 Å². The molecule has 1 amide bonds. The van der Waals surface area contributed by atoms with Crippen LogP contribution < -0.4 is 9.64 Å². The molecule has 2 aromatic heterocycles. The van der Waals surface area contributed by atoms with Crippen LogP contribution in [0.2, 0.25) is 0 Å². The lowest BCUT2D eigenvalue weighted by Gasteiger charge is -2.41. The van der Waals surface area contributed by atoms with Gasteiger partial charge in [0.1, 0.15) is 41.2 Å². The maximum atomic E-state index is 16.6. The van der Waals surface area contributed by atoms with Crippen molar-refractivity contribution < 1.29 is 40.6 Å². The maximum absolute atomic E-state index is 16.6. The third kappa shape index (κ3) is 7.08. The molecule has 1 aromatic carbocycles. The molecule has 0 saturated carbocycles. The lowest BCUT2D eigenvalue weighted by molar-refractivity contribution is -0.139. The van der Waals surface area contributed by atoms with Crippen molar-refractivity contribution in [2.45, 2.75) is 74.5 Å². The summed E-state index contributed by atoms with van der Waals surface area (Å²) in [6.45, 7) is 3.40. The lowest BCUT2D eigenvalue weighted by atomic mass is 9.95. The predicted octanol–water partition coefficient (Wildman–Crippen LogP) is 5.29. The van der Waals surface area contributed by atoms with Crippen LogP contribution in [-0.2, 0) is 15.7 Å². The van der Waals surface area contributed by atoms with Gasteiger partial charge in [0.2, 0.25) is 5.91 Å². The Balaban J connectivity index is 1.11. The molecule has 0 radical (unpaired) electrons. The summed E-state index contributed by atoms with van der Waals surface area (Å²) in [6.07, 6.45) is 2.15. The highest BCUT2D eigenvalue weighted by Gasteiger charge is 2.49. The van der Waals surface area contributed by atoms with E-state index in [2.05, 4.69) is 25.9 Å². The van der Waals surface area contributed by atoms with E-state index in [-0.39, 0.29) is 68.7 Å². The topological polar surface area (TPSA) is 111 Å². The minimum absolute atomic E-state index is 0.00232. The van der Waals surface area contributed by atoms with Gasteiger partial charge in [0.05, 0.1) is 42.7 Å². The van der Waals surface area contributed by atoms with Gasteiger partial charge in [-0.15, -0.1) is 0 Å². The van der Waals surface area contributed by atoms with E-state index in [1.165, 1.54) is 6.08 Å². The number of morpholine rings is 1. The fourth-order valence-electron chi connectivity index (χ4n) is 9.17. The Morgan fingerprint density at radius 1 is 1.11 bits per heavy atom. The van der Waals surface area contributed by atoms with Crippen molar-refractivity contribution in [2.75, 3.05) is 64.0 Å². The van der Waals surface area contributed by atoms with Crippen LogP contribution in [0, 0.1) is 23.0 Å². The molecule has 5 aliphatic rings. The monoisotopic (exact) mass is 770 g/mol. The minimum Gasteiger partial charge on any atom is -0.461 e. The Morgan fingerprint density at radius 2 is 1.91 bits per heavy atom. The van der Waals surface area contributed by atoms with Crippen molar-refractivity contribution in [2.24, 2.45) is 0 Å². The molecule has 292 valence electrons. The molecule has 5 aliphatic heterocycles. The highest BCUT2D eigenvalue weighted by molar-refractivity contribution is 5.93. The van der Waals surface area contributed by atoms with Crippen molar-refractivity contribution in [3.63, 3.8) is 0 Å². The Bertz CT molecular complexity index is 2010. The molecular weight excluding hydrogens is 730 g/mol. The number of fused-ring (bicyclic) bond motifs is 4. The van der Waals surface area contributed by atoms with Crippen LogP contribution in [0.3, 0.4) is 0 Å². The van der Waals surface area contributed by atoms with Crippen LogP contribution >= 0.6 is 0 Å². The highest BCUT2D eigenvalue weighted by atomic mass is 19.4. The average Bonchev–Trinajstić information content (AvgIpc) is 3.75. The zero-order chi connectivity index (χ0) is 38.5. The van der Waals surface area contributed by atoms with Gasteiger partial charge in [-0.05, 0) is 38.3 Å². The number of nitrogens with zero attached hydrogens (tertiary/aromatic N) is 8. The molecule has 0 N–H and O–H groups in total. The summed E-state index contributed by atoms with van der Waals surface area (Å²) < 4.78 is 99.6. The van der Waals surface area contributed by atoms with Crippen LogP contribution in [0.25, 0.3) is 22.2 Å². The van der Waals surface area contributed by atoms with E-state index in [4.69, 9.17) is 9.47 Å². The van der Waals surface area contributed by atoms with Crippen LogP contribution in [0.15, 0.2) is 36.5 Å². The molecule has 8 rings (SSSR count). The normalized spacial score (nSPS) is 27.3. The minimum atomic E-state index is -5.15. The summed E-state index contributed by atoms with van der Waals surface area (Å²) in [5.41, 5.74) is -4.25. The quantitative estimate of drug-likeness (QED) is 0.210. The predicted molar refractivity (Wildman–Crippen MR) is 188 cm³/mol. The zero-order valence-corrected chi connectivity index (χ0v) is 30.0. The standard InChI is InChI=1S/C38H40F6N8O3/c39-23-16-37(10-3-12-50(37)18-23)22-55-36-47-34-28(17-46-33(32(34)41)27-4-1-5-29(40)31(27)38(42,43)44)35(48-36)49-14-15-52(24(19-49)9-11-45)30(53)6-2-13-51-25-7-8-26(51)21-54-20-25/h1-2,4-6,17,23-26H,3,7-10,12-16,18-22H2/b6-2+/t23-,24+,25-,26+,37+/m1/s1. The fourth-order valence-corrected chi connectivity index (χ4v) is 9.17. The van der Waals surface area contributed by atoms with Crippen molar-refractivity contribution >= 4 is 22.6 Å². The summed E-state index contributed by atoms with van der Waals surface area (Å²) in [4.78, 5) is 34.2. The van der Waals surface area contributed by atoms with Gasteiger partial charge in [0, 0.05) is 69.1 Å². The zero-order valence-electron chi connectivity index (χ0n) is 30.0. The smallest absolute Gasteiger partial charge is 0.419 e. The van der Waals surface area contributed by atoms with Gasteiger partial charge in [-0.3, -0.25) is 19.6 Å². The first-order valence-corrected chi connectivity index (χ1v) is 18.6. The van der Waals surface area contributed by atoms with Gasteiger partial charge in [-0.2, -0.15) is 28.4 Å². The molecule has 0 aliphatic carbocycles. The number of hydrogen-bond donors (Lipinski definition) is 0. The van der Waals surface area contributed by atoms with E-state index < -0.39 is 57.9 Å². The molecule has 3 aromatic rings. The summed E-state index contributed by atoms with van der Waals surface area (Å²) in [5, 5.41) is 9.80. The number of alkyl halides is 4. The average molecular weight is 771 g/mol. The highest BCUT2D eigenvalue weighted by Crippen LogP contribution is 2.42. The number of rotatable bonds is 9. The lowest BCUT2D eigenvalue weighted by Crippen LogP contribution is -2.55. The molecule has 17 heteroatoms. The maximum Gasteiger partial charge on any atom is 0.419 e. The molecule has 0 unspecified atom stereocenters. The van der Waals surface area contributed by atoms with E-state index >= 15 is 4.39 Å². The van der Waals surface area contributed by atoms with Gasteiger partial charge >= 0.3 is 12.2 Å². The SMILES string of the molecule is N#CC[C@H]1CN(c2nc(OC[C@@]34CCCN3C[C@H](F)C4)nc3c(F)c(-c4cccc(F)c4C(F)(F)F)ncc23)CCN1C(=O)/C=C/CN1[C@@H]2CC[C@H]1COC2. The molecule has 5 saturated heterocycles. The molecule has 5 fully saturated rings. The van der Waals surface area contributed by atoms with Crippen LogP contribution in [0.1, 0.15) is 44.1 Å². The summed E-state index contributed by atoms with van der Waals surface area (Å²) in [6, 6.07) is 4.55. The number of anilines is 1. The molecule has 0 spiro atoms. The number of carbonyl (C=O) groups is 1. The number of nitriles is 1. The van der Waals surface area contributed by atoms with Gasteiger partial charge in [0.15, 0.2) is 5.82 Å². The van der Waals surface area contributed by atoms with Gasteiger partial charge in [-0.1, -0.05) is 18.2 Å². The largest absolute Gasteiger partial charge is 0.461 e.